The molecule has 2 aromatic carbocycles. The highest BCUT2D eigenvalue weighted by Crippen LogP contribution is 2.14. The Labute approximate surface area is 108 Å². The summed E-state index contributed by atoms with van der Waals surface area (Å²) in [6, 6.07) is 8.63. The summed E-state index contributed by atoms with van der Waals surface area (Å²) in [7, 11) is 0. The molecule has 2 aromatic rings. The molecule has 0 amide bonds. The van der Waals surface area contributed by atoms with Gasteiger partial charge in [-0.25, -0.2) is 13.2 Å². The quantitative estimate of drug-likeness (QED) is 0.765. The summed E-state index contributed by atoms with van der Waals surface area (Å²) < 4.78 is 38.8. The number of hydrogen-bond acceptors (Lipinski definition) is 1. The summed E-state index contributed by atoms with van der Waals surface area (Å²) in [6.45, 7) is 0. The van der Waals surface area contributed by atoms with Gasteiger partial charge >= 0.3 is 0 Å². The minimum Gasteiger partial charge on any atom is -0.294 e. The summed E-state index contributed by atoms with van der Waals surface area (Å²) in [5.74, 6) is -2.32. The molecule has 0 saturated carbocycles. The van der Waals surface area contributed by atoms with E-state index in [0.29, 0.717) is 12.5 Å². The Morgan fingerprint density at radius 2 is 1.53 bits per heavy atom. The van der Waals surface area contributed by atoms with Crippen molar-refractivity contribution >= 4 is 5.78 Å². The number of hydrogen-bond donors (Lipinski definition) is 0. The molecule has 0 bridgehead atoms. The van der Waals surface area contributed by atoms with Gasteiger partial charge < -0.3 is 0 Å². The number of halogens is 3. The molecule has 0 spiro atoms. The number of carbonyl (C=O) groups excluding carboxylic acids is 1. The van der Waals surface area contributed by atoms with Crippen LogP contribution in [0.15, 0.2) is 42.5 Å². The fourth-order valence-corrected chi connectivity index (χ4v) is 1.76. The molecule has 4 heteroatoms. The molecule has 0 atom stereocenters. The molecular formula is C15H11F3O. The van der Waals surface area contributed by atoms with Gasteiger partial charge in [0.1, 0.15) is 17.5 Å². The van der Waals surface area contributed by atoms with Crippen molar-refractivity contribution in [3.05, 3.63) is 71.0 Å². The van der Waals surface area contributed by atoms with Crippen molar-refractivity contribution in [1.29, 1.82) is 0 Å². The predicted molar refractivity (Wildman–Crippen MR) is 65.4 cm³/mol. The molecule has 2 rings (SSSR count). The largest absolute Gasteiger partial charge is 0.294 e. The minimum absolute atomic E-state index is 0.0915. The first-order valence-electron chi connectivity index (χ1n) is 5.79. The molecule has 0 aliphatic rings. The van der Waals surface area contributed by atoms with Crippen LogP contribution < -0.4 is 0 Å². The Hall–Kier alpha value is -2.10. The molecule has 0 unspecified atom stereocenters. The number of Topliss-reactive ketones (excluding diaryl/α,β-unsaturated/α-hetero) is 1. The van der Waals surface area contributed by atoms with Gasteiger partial charge in [0.15, 0.2) is 5.78 Å². The predicted octanol–water partition coefficient (Wildman–Crippen LogP) is 3.92. The Bertz CT molecular complexity index is 591. The fraction of sp³-hybridized carbons (Fsp3) is 0.133. The van der Waals surface area contributed by atoms with Crippen molar-refractivity contribution in [3.63, 3.8) is 0 Å². The highest BCUT2D eigenvalue weighted by molar-refractivity contribution is 5.96. The Morgan fingerprint density at radius 1 is 0.895 bits per heavy atom. The summed E-state index contributed by atoms with van der Waals surface area (Å²) in [5, 5.41) is 0. The number of aryl methyl sites for hydroxylation is 1. The van der Waals surface area contributed by atoms with E-state index in [9.17, 15) is 18.0 Å². The standard InChI is InChI=1S/C15H11F3O/c16-11-4-1-10(2-5-11)3-8-15(19)13-7-6-12(17)9-14(13)18/h1-2,4-7,9H,3,8H2. The van der Waals surface area contributed by atoms with E-state index in [4.69, 9.17) is 0 Å². The fourth-order valence-electron chi connectivity index (χ4n) is 1.76. The van der Waals surface area contributed by atoms with Gasteiger partial charge in [-0.2, -0.15) is 0 Å². The highest BCUT2D eigenvalue weighted by Gasteiger charge is 2.12. The van der Waals surface area contributed by atoms with E-state index in [-0.39, 0.29) is 17.8 Å². The monoisotopic (exact) mass is 264 g/mol. The van der Waals surface area contributed by atoms with Gasteiger partial charge in [0, 0.05) is 12.5 Å². The topological polar surface area (TPSA) is 17.1 Å². The van der Waals surface area contributed by atoms with Crippen LogP contribution in [0.4, 0.5) is 13.2 Å². The van der Waals surface area contributed by atoms with Gasteiger partial charge in [-0.1, -0.05) is 12.1 Å². The van der Waals surface area contributed by atoms with Gasteiger partial charge in [0.05, 0.1) is 5.56 Å². The lowest BCUT2D eigenvalue weighted by Crippen LogP contribution is -2.04. The van der Waals surface area contributed by atoms with E-state index < -0.39 is 17.4 Å². The van der Waals surface area contributed by atoms with Crippen molar-refractivity contribution < 1.29 is 18.0 Å². The SMILES string of the molecule is O=C(CCc1ccc(F)cc1)c1ccc(F)cc1F. The van der Waals surface area contributed by atoms with Crippen LogP contribution in [0.5, 0.6) is 0 Å². The summed E-state index contributed by atoms with van der Waals surface area (Å²) in [4.78, 5) is 11.8. The first-order valence-corrected chi connectivity index (χ1v) is 5.79. The molecule has 0 N–H and O–H groups in total. The molecule has 0 saturated heterocycles. The van der Waals surface area contributed by atoms with Crippen LogP contribution in [0.2, 0.25) is 0 Å². The van der Waals surface area contributed by atoms with Crippen molar-refractivity contribution in [2.24, 2.45) is 0 Å². The second kappa shape index (κ2) is 5.69. The van der Waals surface area contributed by atoms with E-state index in [1.807, 2.05) is 0 Å². The summed E-state index contributed by atoms with van der Waals surface area (Å²) >= 11 is 0. The van der Waals surface area contributed by atoms with Gasteiger partial charge in [-0.05, 0) is 36.2 Å². The zero-order chi connectivity index (χ0) is 13.8. The molecule has 0 aromatic heterocycles. The van der Waals surface area contributed by atoms with E-state index >= 15 is 0 Å². The lowest BCUT2D eigenvalue weighted by molar-refractivity contribution is 0.0979. The third-order valence-corrected chi connectivity index (χ3v) is 2.79. The van der Waals surface area contributed by atoms with Gasteiger partial charge in [-0.3, -0.25) is 4.79 Å². The molecule has 1 nitrogen and oxygen atoms in total. The smallest absolute Gasteiger partial charge is 0.166 e. The molecule has 98 valence electrons. The Balaban J connectivity index is 2.03. The number of ketones is 1. The summed E-state index contributed by atoms with van der Waals surface area (Å²) in [5.41, 5.74) is 0.667. The summed E-state index contributed by atoms with van der Waals surface area (Å²) in [6.07, 6.45) is 0.476. The first kappa shape index (κ1) is 13.3. The Morgan fingerprint density at radius 3 is 2.16 bits per heavy atom. The van der Waals surface area contributed by atoms with E-state index in [2.05, 4.69) is 0 Å². The van der Waals surface area contributed by atoms with Crippen molar-refractivity contribution in [3.8, 4) is 0 Å². The normalized spacial score (nSPS) is 10.5. The molecule has 0 heterocycles. The second-order valence-corrected chi connectivity index (χ2v) is 4.17. The van der Waals surface area contributed by atoms with Crippen molar-refractivity contribution in [1.82, 2.24) is 0 Å². The van der Waals surface area contributed by atoms with Crippen LogP contribution in [0.1, 0.15) is 22.3 Å². The molecule has 19 heavy (non-hydrogen) atoms. The highest BCUT2D eigenvalue weighted by atomic mass is 19.1. The first-order chi connectivity index (χ1) is 9.06. The van der Waals surface area contributed by atoms with Crippen LogP contribution in [0.25, 0.3) is 0 Å². The number of rotatable bonds is 4. The van der Waals surface area contributed by atoms with Crippen molar-refractivity contribution in [2.45, 2.75) is 12.8 Å². The molecule has 0 aliphatic carbocycles. The number of benzene rings is 2. The van der Waals surface area contributed by atoms with Crippen LogP contribution in [-0.2, 0) is 6.42 Å². The lowest BCUT2D eigenvalue weighted by Gasteiger charge is -2.03. The van der Waals surface area contributed by atoms with E-state index in [0.717, 1.165) is 17.7 Å². The van der Waals surface area contributed by atoms with Crippen molar-refractivity contribution in [2.75, 3.05) is 0 Å². The maximum atomic E-state index is 13.4. The Kier molecular flexibility index (Phi) is 4.00. The van der Waals surface area contributed by atoms with E-state index in [1.54, 1.807) is 12.1 Å². The van der Waals surface area contributed by atoms with E-state index in [1.165, 1.54) is 12.1 Å². The zero-order valence-corrected chi connectivity index (χ0v) is 10.00. The van der Waals surface area contributed by atoms with Crippen LogP contribution >= 0.6 is 0 Å². The van der Waals surface area contributed by atoms with Gasteiger partial charge in [0.2, 0.25) is 0 Å². The van der Waals surface area contributed by atoms with Crippen LogP contribution in [-0.4, -0.2) is 5.78 Å². The average Bonchev–Trinajstić information content (AvgIpc) is 2.37. The lowest BCUT2D eigenvalue weighted by atomic mass is 10.0. The average molecular weight is 264 g/mol. The molecule has 0 aliphatic heterocycles. The van der Waals surface area contributed by atoms with Gasteiger partial charge in [-0.15, -0.1) is 0 Å². The molecule has 0 radical (unpaired) electrons. The maximum absolute atomic E-state index is 13.4. The van der Waals surface area contributed by atoms with Crippen LogP contribution in [0, 0.1) is 17.5 Å². The molecule has 0 fully saturated rings. The second-order valence-electron chi connectivity index (χ2n) is 4.17. The minimum atomic E-state index is -0.857. The third kappa shape index (κ3) is 3.44. The third-order valence-electron chi connectivity index (χ3n) is 2.79. The van der Waals surface area contributed by atoms with Gasteiger partial charge in [0.25, 0.3) is 0 Å². The zero-order valence-electron chi connectivity index (χ0n) is 10.00. The van der Waals surface area contributed by atoms with Crippen LogP contribution in [0.3, 0.4) is 0 Å². The molecular weight excluding hydrogens is 253 g/mol. The number of carbonyl (C=O) groups is 1. The maximum Gasteiger partial charge on any atom is 0.166 e.